The predicted molar refractivity (Wildman–Crippen MR) is 93.2 cm³/mol. The normalized spacial score (nSPS) is 20.1. The maximum atomic E-state index is 13.1. The number of amides is 1. The van der Waals surface area contributed by atoms with E-state index < -0.39 is 0 Å². The molecule has 0 bridgehead atoms. The van der Waals surface area contributed by atoms with Gasteiger partial charge in [0.05, 0.1) is 24.3 Å². The van der Waals surface area contributed by atoms with Crippen molar-refractivity contribution in [2.75, 3.05) is 6.61 Å². The van der Waals surface area contributed by atoms with Gasteiger partial charge in [-0.3, -0.25) is 9.78 Å². The number of hydrogen-bond acceptors (Lipinski definition) is 3. The molecule has 0 spiro atoms. The Bertz CT molecular complexity index is 687. The number of hydrogen-bond donors (Lipinski definition) is 0. The van der Waals surface area contributed by atoms with Gasteiger partial charge in [-0.05, 0) is 38.0 Å². The Morgan fingerprint density at radius 1 is 1.17 bits per heavy atom. The average Bonchev–Trinajstić information content (AvgIpc) is 3.01. The summed E-state index contributed by atoms with van der Waals surface area (Å²) >= 11 is 0. The Hall–Kier alpha value is -2.20. The summed E-state index contributed by atoms with van der Waals surface area (Å²) in [6.07, 6.45) is 0.785. The van der Waals surface area contributed by atoms with Crippen molar-refractivity contribution >= 4 is 5.91 Å². The fraction of sp³-hybridized carbons (Fsp3) is 0.400. The topological polar surface area (TPSA) is 42.4 Å². The lowest BCUT2D eigenvalue weighted by Gasteiger charge is -2.27. The van der Waals surface area contributed by atoms with E-state index in [-0.39, 0.29) is 17.9 Å². The maximum Gasteiger partial charge on any atom is 0.229 e. The lowest BCUT2D eigenvalue weighted by atomic mass is 10.0. The van der Waals surface area contributed by atoms with Crippen molar-refractivity contribution < 1.29 is 9.53 Å². The third-order valence-corrected chi connectivity index (χ3v) is 4.52. The second-order valence-electron chi connectivity index (χ2n) is 6.42. The highest BCUT2D eigenvalue weighted by Crippen LogP contribution is 2.24. The van der Waals surface area contributed by atoms with Crippen molar-refractivity contribution in [3.8, 4) is 0 Å². The number of aryl methyl sites for hydroxylation is 1. The Balaban J connectivity index is 1.81. The highest BCUT2D eigenvalue weighted by atomic mass is 16.5. The average molecular weight is 324 g/mol. The van der Waals surface area contributed by atoms with Crippen molar-refractivity contribution in [2.24, 2.45) is 5.92 Å². The number of pyridine rings is 1. The van der Waals surface area contributed by atoms with Gasteiger partial charge in [0.25, 0.3) is 0 Å². The first kappa shape index (κ1) is 16.7. The van der Waals surface area contributed by atoms with Gasteiger partial charge in [-0.15, -0.1) is 0 Å². The van der Waals surface area contributed by atoms with Crippen molar-refractivity contribution in [1.29, 1.82) is 0 Å². The molecule has 0 N–H and O–H groups in total. The number of rotatable bonds is 5. The van der Waals surface area contributed by atoms with Gasteiger partial charge in [-0.1, -0.05) is 36.4 Å². The third kappa shape index (κ3) is 4.01. The molecule has 1 aliphatic rings. The molecule has 2 heterocycles. The van der Waals surface area contributed by atoms with E-state index in [4.69, 9.17) is 4.74 Å². The number of ether oxygens (including phenoxy) is 1. The first-order valence-electron chi connectivity index (χ1n) is 8.50. The molecule has 2 atom stereocenters. The van der Waals surface area contributed by atoms with Crippen molar-refractivity contribution in [1.82, 2.24) is 9.88 Å². The zero-order valence-corrected chi connectivity index (χ0v) is 14.3. The molecular formula is C20H24N2O2. The molecule has 24 heavy (non-hydrogen) atoms. The summed E-state index contributed by atoms with van der Waals surface area (Å²) in [6.45, 7) is 5.75. The number of carbonyl (C=O) groups is 1. The van der Waals surface area contributed by atoms with Gasteiger partial charge < -0.3 is 9.64 Å². The molecule has 1 aliphatic heterocycles. The molecule has 126 valence electrons. The van der Waals surface area contributed by atoms with Crippen LogP contribution in [-0.2, 0) is 22.6 Å². The third-order valence-electron chi connectivity index (χ3n) is 4.52. The van der Waals surface area contributed by atoms with E-state index in [9.17, 15) is 4.79 Å². The van der Waals surface area contributed by atoms with Crippen molar-refractivity contribution in [3.05, 3.63) is 65.5 Å². The second-order valence-corrected chi connectivity index (χ2v) is 6.42. The van der Waals surface area contributed by atoms with Crippen LogP contribution in [0.15, 0.2) is 48.5 Å². The molecule has 0 saturated carbocycles. The summed E-state index contributed by atoms with van der Waals surface area (Å²) in [6, 6.07) is 16.0. The van der Waals surface area contributed by atoms with Crippen LogP contribution in [0.3, 0.4) is 0 Å². The van der Waals surface area contributed by atoms with Crippen LogP contribution < -0.4 is 0 Å². The number of nitrogens with zero attached hydrogens (tertiary/aromatic N) is 2. The highest BCUT2D eigenvalue weighted by molar-refractivity contribution is 5.79. The second kappa shape index (κ2) is 7.58. The molecule has 0 radical (unpaired) electrons. The number of aromatic nitrogens is 1. The molecule has 3 rings (SSSR count). The van der Waals surface area contributed by atoms with Crippen LogP contribution in [0.4, 0.5) is 0 Å². The van der Waals surface area contributed by atoms with E-state index >= 15 is 0 Å². The Morgan fingerprint density at radius 2 is 1.96 bits per heavy atom. The minimum Gasteiger partial charge on any atom is -0.378 e. The first-order chi connectivity index (χ1) is 11.6. The molecule has 2 aromatic rings. The van der Waals surface area contributed by atoms with Crippen molar-refractivity contribution in [2.45, 2.75) is 39.5 Å². The fourth-order valence-corrected chi connectivity index (χ4v) is 3.19. The van der Waals surface area contributed by atoms with Crippen molar-refractivity contribution in [3.63, 3.8) is 0 Å². The molecule has 1 aromatic carbocycles. The zero-order valence-electron chi connectivity index (χ0n) is 14.3. The molecule has 4 nitrogen and oxygen atoms in total. The van der Waals surface area contributed by atoms with Gasteiger partial charge in [0.15, 0.2) is 0 Å². The minimum absolute atomic E-state index is 0.0127. The Kier molecular flexibility index (Phi) is 5.26. The summed E-state index contributed by atoms with van der Waals surface area (Å²) in [5.41, 5.74) is 3.02. The van der Waals surface area contributed by atoms with Gasteiger partial charge in [0, 0.05) is 18.8 Å². The van der Waals surface area contributed by atoms with E-state index in [0.717, 1.165) is 23.4 Å². The molecule has 1 fully saturated rings. The van der Waals surface area contributed by atoms with Gasteiger partial charge >= 0.3 is 0 Å². The van der Waals surface area contributed by atoms with Crippen LogP contribution >= 0.6 is 0 Å². The predicted octanol–water partition coefficient (Wildman–Crippen LogP) is 3.34. The largest absolute Gasteiger partial charge is 0.378 e. The van der Waals surface area contributed by atoms with Crippen LogP contribution in [0.5, 0.6) is 0 Å². The van der Waals surface area contributed by atoms with Crippen LogP contribution in [0.2, 0.25) is 0 Å². The van der Waals surface area contributed by atoms with Gasteiger partial charge in [-0.2, -0.15) is 0 Å². The summed E-state index contributed by atoms with van der Waals surface area (Å²) in [5, 5.41) is 0. The maximum absolute atomic E-state index is 13.1. The fourth-order valence-electron chi connectivity index (χ4n) is 3.19. The van der Waals surface area contributed by atoms with E-state index in [0.29, 0.717) is 19.7 Å². The van der Waals surface area contributed by atoms with Gasteiger partial charge in [0.2, 0.25) is 5.91 Å². The summed E-state index contributed by atoms with van der Waals surface area (Å²) in [4.78, 5) is 19.5. The molecular weight excluding hydrogens is 300 g/mol. The quantitative estimate of drug-likeness (QED) is 0.847. The first-order valence-corrected chi connectivity index (χ1v) is 8.50. The molecule has 1 amide bonds. The SMILES string of the molecule is Cc1cccc(CN(Cc2ccccc2)C(=O)[C@H]2CCO[C@@H]2C)n1. The van der Waals surface area contributed by atoms with Gasteiger partial charge in [0.1, 0.15) is 0 Å². The zero-order chi connectivity index (χ0) is 16.9. The summed E-state index contributed by atoms with van der Waals surface area (Å²) in [5.74, 6) is 0.102. The summed E-state index contributed by atoms with van der Waals surface area (Å²) < 4.78 is 5.59. The number of benzene rings is 1. The highest BCUT2D eigenvalue weighted by Gasteiger charge is 2.34. The lowest BCUT2D eigenvalue weighted by molar-refractivity contribution is -0.138. The number of carbonyl (C=O) groups excluding carboxylic acids is 1. The van der Waals surface area contributed by atoms with E-state index in [2.05, 4.69) is 17.1 Å². The molecule has 1 aromatic heterocycles. The smallest absolute Gasteiger partial charge is 0.229 e. The van der Waals surface area contributed by atoms with Crippen LogP contribution in [-0.4, -0.2) is 28.5 Å². The van der Waals surface area contributed by atoms with Gasteiger partial charge in [-0.25, -0.2) is 0 Å². The van der Waals surface area contributed by atoms with Crippen LogP contribution in [0.25, 0.3) is 0 Å². The Labute approximate surface area is 143 Å². The lowest BCUT2D eigenvalue weighted by Crippen LogP contribution is -2.38. The Morgan fingerprint density at radius 3 is 2.62 bits per heavy atom. The van der Waals surface area contributed by atoms with Crippen LogP contribution in [0, 0.1) is 12.8 Å². The van der Waals surface area contributed by atoms with E-state index in [1.807, 2.05) is 55.1 Å². The monoisotopic (exact) mass is 324 g/mol. The van der Waals surface area contributed by atoms with E-state index in [1.165, 1.54) is 0 Å². The molecule has 4 heteroatoms. The van der Waals surface area contributed by atoms with E-state index in [1.54, 1.807) is 0 Å². The molecule has 0 unspecified atom stereocenters. The molecule has 0 aliphatic carbocycles. The summed E-state index contributed by atoms with van der Waals surface area (Å²) in [7, 11) is 0. The standard InChI is InChI=1S/C20H24N2O2/c1-15-7-6-10-18(21-15)14-22(13-17-8-4-3-5-9-17)20(23)19-11-12-24-16(19)2/h3-10,16,19H,11-14H2,1-2H3/t16-,19+/m1/s1. The molecule has 1 saturated heterocycles. The minimum atomic E-state index is -0.0569. The van der Waals surface area contributed by atoms with Crippen LogP contribution in [0.1, 0.15) is 30.3 Å².